The summed E-state index contributed by atoms with van der Waals surface area (Å²) in [6, 6.07) is 15.4. The predicted molar refractivity (Wildman–Crippen MR) is 115 cm³/mol. The van der Waals surface area contributed by atoms with E-state index in [0.29, 0.717) is 5.30 Å². The van der Waals surface area contributed by atoms with Gasteiger partial charge in [0.15, 0.2) is 0 Å². The summed E-state index contributed by atoms with van der Waals surface area (Å²) in [6.45, 7) is 5.84. The second-order valence-corrected chi connectivity index (χ2v) is 8.58. The van der Waals surface area contributed by atoms with Crippen molar-refractivity contribution in [1.29, 1.82) is 0 Å². The van der Waals surface area contributed by atoms with Gasteiger partial charge >= 0.3 is 7.60 Å². The molecule has 2 aromatic carbocycles. The van der Waals surface area contributed by atoms with E-state index >= 15 is 0 Å². The molecule has 0 aliphatic rings. The molecule has 0 bridgehead atoms. The zero-order valence-corrected chi connectivity index (χ0v) is 17.2. The van der Waals surface area contributed by atoms with E-state index in [9.17, 15) is 9.46 Å². The Kier molecular flexibility index (Phi) is 9.00. The van der Waals surface area contributed by atoms with Crippen LogP contribution in [0.3, 0.4) is 0 Å². The van der Waals surface area contributed by atoms with E-state index in [-0.39, 0.29) is 6.61 Å². The van der Waals surface area contributed by atoms with Crippen molar-refractivity contribution in [3.63, 3.8) is 0 Å². The van der Waals surface area contributed by atoms with Gasteiger partial charge in [0.05, 0.1) is 11.9 Å². The van der Waals surface area contributed by atoms with Crippen molar-refractivity contribution in [2.75, 3.05) is 6.61 Å². The van der Waals surface area contributed by atoms with Gasteiger partial charge in [0.25, 0.3) is 0 Å². The molecule has 1 N–H and O–H groups in total. The molecule has 3 nitrogen and oxygen atoms in total. The van der Waals surface area contributed by atoms with E-state index < -0.39 is 7.60 Å². The lowest BCUT2D eigenvalue weighted by atomic mass is 9.95. The van der Waals surface area contributed by atoms with Crippen molar-refractivity contribution in [3.05, 3.63) is 66.7 Å². The molecule has 146 valence electrons. The summed E-state index contributed by atoms with van der Waals surface area (Å²) < 4.78 is 18.1. The first-order valence-corrected chi connectivity index (χ1v) is 11.4. The lowest BCUT2D eigenvalue weighted by molar-refractivity contribution is 0.298. The van der Waals surface area contributed by atoms with Gasteiger partial charge in [-0.15, -0.1) is 6.58 Å². The number of aryl methyl sites for hydroxylation is 1. The summed E-state index contributed by atoms with van der Waals surface area (Å²) >= 11 is 0. The SMILES string of the molecule is C=CCOP(=O)(O)c1cccc(CCCCCCCC)c1-c1ccccc1. The molecule has 4 heteroatoms. The van der Waals surface area contributed by atoms with Gasteiger partial charge in [0.1, 0.15) is 0 Å². The van der Waals surface area contributed by atoms with Gasteiger partial charge in [-0.05, 0) is 30.0 Å². The minimum atomic E-state index is -3.92. The maximum atomic E-state index is 12.9. The van der Waals surface area contributed by atoms with Gasteiger partial charge < -0.3 is 9.42 Å². The van der Waals surface area contributed by atoms with Crippen molar-refractivity contribution < 1.29 is 14.0 Å². The maximum absolute atomic E-state index is 12.9. The summed E-state index contributed by atoms with van der Waals surface area (Å²) in [5, 5.41) is 0.374. The van der Waals surface area contributed by atoms with Crippen molar-refractivity contribution in [2.24, 2.45) is 0 Å². The van der Waals surface area contributed by atoms with Crippen LogP contribution in [0.4, 0.5) is 0 Å². The van der Waals surface area contributed by atoms with Crippen molar-refractivity contribution >= 4 is 12.9 Å². The second-order valence-electron chi connectivity index (χ2n) is 6.80. The smallest absolute Gasteiger partial charge is 0.321 e. The normalized spacial score (nSPS) is 13.3. The van der Waals surface area contributed by atoms with Crippen LogP contribution in [0.2, 0.25) is 0 Å². The third kappa shape index (κ3) is 6.46. The molecule has 0 heterocycles. The molecule has 0 aliphatic heterocycles. The number of unbranched alkanes of at least 4 members (excludes halogenated alkanes) is 5. The first-order valence-electron chi connectivity index (χ1n) is 9.86. The van der Waals surface area contributed by atoms with Crippen LogP contribution in [0.5, 0.6) is 0 Å². The second kappa shape index (κ2) is 11.2. The van der Waals surface area contributed by atoms with Gasteiger partial charge in [-0.1, -0.05) is 87.6 Å². The third-order valence-electron chi connectivity index (χ3n) is 4.66. The highest BCUT2D eigenvalue weighted by Gasteiger charge is 2.27. The first-order chi connectivity index (χ1) is 13.1. The molecule has 1 atom stereocenters. The van der Waals surface area contributed by atoms with Gasteiger partial charge in [0.2, 0.25) is 0 Å². The first kappa shape index (κ1) is 21.6. The van der Waals surface area contributed by atoms with E-state index in [0.717, 1.165) is 29.5 Å². The average molecular weight is 386 g/mol. The van der Waals surface area contributed by atoms with Crippen molar-refractivity contribution in [1.82, 2.24) is 0 Å². The summed E-state index contributed by atoms with van der Waals surface area (Å²) in [5.41, 5.74) is 2.89. The fourth-order valence-corrected chi connectivity index (χ4v) is 4.56. The van der Waals surface area contributed by atoms with Crippen LogP contribution in [0.1, 0.15) is 51.0 Å². The molecule has 0 radical (unpaired) electrons. The Balaban J connectivity index is 2.29. The molecular weight excluding hydrogens is 355 g/mol. The van der Waals surface area contributed by atoms with E-state index in [2.05, 4.69) is 19.6 Å². The molecule has 0 aromatic heterocycles. The van der Waals surface area contributed by atoms with Crippen molar-refractivity contribution in [3.8, 4) is 11.1 Å². The molecule has 2 rings (SSSR count). The molecule has 27 heavy (non-hydrogen) atoms. The van der Waals surface area contributed by atoms with Crippen LogP contribution in [0, 0.1) is 0 Å². The van der Waals surface area contributed by atoms with Crippen LogP contribution in [0.15, 0.2) is 61.2 Å². The Morgan fingerprint density at radius 3 is 2.41 bits per heavy atom. The monoisotopic (exact) mass is 386 g/mol. The molecule has 0 spiro atoms. The quantitative estimate of drug-likeness (QED) is 0.266. The largest absolute Gasteiger partial charge is 0.359 e. The number of benzene rings is 2. The van der Waals surface area contributed by atoms with E-state index in [4.69, 9.17) is 4.52 Å². The predicted octanol–water partition coefficient (Wildman–Crippen LogP) is 6.27. The summed E-state index contributed by atoms with van der Waals surface area (Å²) in [7, 11) is -3.92. The Hall–Kier alpha value is -1.67. The molecule has 0 aliphatic carbocycles. The van der Waals surface area contributed by atoms with Gasteiger partial charge in [-0.25, -0.2) is 0 Å². The molecule has 1 unspecified atom stereocenters. The third-order valence-corrected chi connectivity index (χ3v) is 6.14. The highest BCUT2D eigenvalue weighted by Crippen LogP contribution is 2.44. The number of rotatable bonds is 12. The molecular formula is C23H31O3P. The highest BCUT2D eigenvalue weighted by molar-refractivity contribution is 7.61. The maximum Gasteiger partial charge on any atom is 0.359 e. The Morgan fingerprint density at radius 2 is 1.70 bits per heavy atom. The van der Waals surface area contributed by atoms with E-state index in [1.807, 2.05) is 36.4 Å². The topological polar surface area (TPSA) is 46.5 Å². The lowest BCUT2D eigenvalue weighted by Gasteiger charge is -2.19. The zero-order valence-electron chi connectivity index (χ0n) is 16.3. The highest BCUT2D eigenvalue weighted by atomic mass is 31.2. The Labute approximate surface area is 163 Å². The fourth-order valence-electron chi connectivity index (χ4n) is 3.29. The fraction of sp³-hybridized carbons (Fsp3) is 0.391. The van der Waals surface area contributed by atoms with Gasteiger partial charge in [-0.3, -0.25) is 4.57 Å². The zero-order chi connectivity index (χ0) is 19.5. The van der Waals surface area contributed by atoms with Gasteiger partial charge in [0, 0.05) is 5.56 Å². The standard InChI is InChI=1S/C23H31O3P/c1-3-5-6-7-8-10-14-21-17-13-18-22(27(24,25)26-19-4-2)23(21)20-15-11-9-12-16-20/h4,9,11-13,15-18H,2-3,5-8,10,14,19H2,1H3,(H,24,25). The van der Waals surface area contributed by atoms with Crippen LogP contribution in [0.25, 0.3) is 11.1 Å². The van der Waals surface area contributed by atoms with Gasteiger partial charge in [-0.2, -0.15) is 0 Å². The number of hydrogen-bond donors (Lipinski definition) is 1. The van der Waals surface area contributed by atoms with Crippen LogP contribution in [-0.4, -0.2) is 11.5 Å². The Bertz CT molecular complexity index is 755. The average Bonchev–Trinajstić information content (AvgIpc) is 2.69. The van der Waals surface area contributed by atoms with Crippen LogP contribution in [-0.2, 0) is 15.5 Å². The Morgan fingerprint density at radius 1 is 1.00 bits per heavy atom. The molecule has 0 fully saturated rings. The summed E-state index contributed by atoms with van der Waals surface area (Å²) in [4.78, 5) is 10.5. The molecule has 2 aromatic rings. The minimum Gasteiger partial charge on any atom is -0.321 e. The van der Waals surface area contributed by atoms with Crippen LogP contribution >= 0.6 is 7.60 Å². The molecule has 0 saturated heterocycles. The number of hydrogen-bond acceptors (Lipinski definition) is 2. The lowest BCUT2D eigenvalue weighted by Crippen LogP contribution is -2.13. The van der Waals surface area contributed by atoms with E-state index in [1.54, 1.807) is 6.07 Å². The van der Waals surface area contributed by atoms with Crippen molar-refractivity contribution in [2.45, 2.75) is 51.9 Å². The summed E-state index contributed by atoms with van der Waals surface area (Å²) in [6.07, 6.45) is 9.71. The summed E-state index contributed by atoms with van der Waals surface area (Å²) in [5.74, 6) is 0. The van der Waals surface area contributed by atoms with Crippen LogP contribution < -0.4 is 5.30 Å². The minimum absolute atomic E-state index is 0.0453. The van der Waals surface area contributed by atoms with E-state index in [1.165, 1.54) is 38.2 Å². The molecule has 0 saturated carbocycles. The molecule has 0 amide bonds.